The van der Waals surface area contributed by atoms with Crippen molar-refractivity contribution in [3.05, 3.63) is 58.2 Å². The predicted octanol–water partition coefficient (Wildman–Crippen LogP) is 3.29. The van der Waals surface area contributed by atoms with E-state index in [9.17, 15) is 13.2 Å². The molecule has 0 spiro atoms. The van der Waals surface area contributed by atoms with E-state index in [-0.39, 0.29) is 15.5 Å². The molecular weight excluding hydrogens is 438 g/mol. The third-order valence-corrected chi connectivity index (χ3v) is 7.33. The van der Waals surface area contributed by atoms with Gasteiger partial charge in [-0.1, -0.05) is 17.7 Å². The molecule has 9 heteroatoms. The summed E-state index contributed by atoms with van der Waals surface area (Å²) in [6, 6.07) is 10.0. The zero-order chi connectivity index (χ0) is 22.2. The van der Waals surface area contributed by atoms with Crippen LogP contribution in [-0.4, -0.2) is 57.2 Å². The minimum atomic E-state index is -3.99. The van der Waals surface area contributed by atoms with Gasteiger partial charge in [-0.25, -0.2) is 8.42 Å². The maximum atomic E-state index is 13.7. The highest BCUT2D eigenvalue weighted by atomic mass is 35.5. The van der Waals surface area contributed by atoms with Crippen LogP contribution in [0.15, 0.2) is 46.2 Å². The van der Waals surface area contributed by atoms with Crippen molar-refractivity contribution in [1.82, 2.24) is 15.2 Å². The third kappa shape index (κ3) is 4.48. The zero-order valence-corrected chi connectivity index (χ0v) is 18.9. The SMILES string of the molecule is Cc1cc(C)cc(S(=O)(=O)c2c(C(=O)NCN3CCOCC3)[nH]c3ccc(Cl)cc23)c1. The van der Waals surface area contributed by atoms with Crippen LogP contribution in [-0.2, 0) is 14.6 Å². The Bertz CT molecular complexity index is 1230. The number of morpholine rings is 1. The van der Waals surface area contributed by atoms with E-state index in [1.54, 1.807) is 30.3 Å². The first-order chi connectivity index (χ1) is 14.8. The quantitative estimate of drug-likeness (QED) is 0.608. The number of rotatable bonds is 5. The Morgan fingerprint density at radius 2 is 1.81 bits per heavy atom. The van der Waals surface area contributed by atoms with Crippen molar-refractivity contribution in [2.45, 2.75) is 23.6 Å². The molecule has 0 saturated carbocycles. The topological polar surface area (TPSA) is 91.5 Å². The summed E-state index contributed by atoms with van der Waals surface area (Å²) in [5.74, 6) is -0.484. The molecule has 0 radical (unpaired) electrons. The highest BCUT2D eigenvalue weighted by Gasteiger charge is 2.30. The molecule has 2 heterocycles. The molecule has 7 nitrogen and oxygen atoms in total. The fourth-order valence-electron chi connectivity index (χ4n) is 3.82. The smallest absolute Gasteiger partial charge is 0.270 e. The van der Waals surface area contributed by atoms with E-state index >= 15 is 0 Å². The number of fused-ring (bicyclic) bond motifs is 1. The van der Waals surface area contributed by atoms with Crippen molar-refractivity contribution in [1.29, 1.82) is 0 Å². The molecule has 0 atom stereocenters. The number of nitrogens with one attached hydrogen (secondary N) is 2. The van der Waals surface area contributed by atoms with Gasteiger partial charge in [0.15, 0.2) is 0 Å². The van der Waals surface area contributed by atoms with Crippen molar-refractivity contribution < 1.29 is 17.9 Å². The van der Waals surface area contributed by atoms with E-state index in [4.69, 9.17) is 16.3 Å². The van der Waals surface area contributed by atoms with E-state index in [1.165, 1.54) is 0 Å². The molecular formula is C22H24ClN3O4S. The number of hydrogen-bond acceptors (Lipinski definition) is 5. The fraction of sp³-hybridized carbons (Fsp3) is 0.318. The summed E-state index contributed by atoms with van der Waals surface area (Å²) < 4.78 is 32.7. The number of carbonyl (C=O) groups excluding carboxylic acids is 1. The average Bonchev–Trinajstić information content (AvgIpc) is 3.11. The Hall–Kier alpha value is -2.39. The lowest BCUT2D eigenvalue weighted by Gasteiger charge is -2.26. The summed E-state index contributed by atoms with van der Waals surface area (Å²) in [6.07, 6.45) is 0. The number of sulfone groups is 1. The fourth-order valence-corrected chi connectivity index (χ4v) is 5.78. The van der Waals surface area contributed by atoms with Gasteiger partial charge in [0.1, 0.15) is 10.6 Å². The number of aromatic nitrogens is 1. The molecule has 1 aliphatic rings. The van der Waals surface area contributed by atoms with Gasteiger partial charge in [-0.3, -0.25) is 9.69 Å². The Balaban J connectivity index is 1.79. The number of halogens is 1. The number of aryl methyl sites for hydroxylation is 2. The second kappa shape index (κ2) is 8.63. The zero-order valence-electron chi connectivity index (χ0n) is 17.4. The first-order valence-electron chi connectivity index (χ1n) is 9.98. The lowest BCUT2D eigenvalue weighted by molar-refractivity contribution is 0.0334. The number of H-pyrrole nitrogens is 1. The molecule has 164 valence electrons. The highest BCUT2D eigenvalue weighted by Crippen LogP contribution is 2.34. The lowest BCUT2D eigenvalue weighted by atomic mass is 10.2. The normalized spacial score (nSPS) is 15.3. The molecule has 2 N–H and O–H groups in total. The molecule has 0 aliphatic carbocycles. The highest BCUT2D eigenvalue weighted by molar-refractivity contribution is 7.91. The standard InChI is InChI=1S/C22H24ClN3O4S/c1-14-9-15(2)11-17(10-14)31(28,29)21-18-12-16(23)3-4-19(18)25-20(21)22(27)24-13-26-5-7-30-8-6-26/h3-4,9-12,25H,5-8,13H2,1-2H3,(H,24,27). The second-order valence-corrected chi connectivity index (χ2v) is 10.1. The van der Waals surface area contributed by atoms with Crippen LogP contribution in [0.4, 0.5) is 0 Å². The monoisotopic (exact) mass is 461 g/mol. The first kappa shape index (κ1) is 21.8. The molecule has 2 aromatic carbocycles. The van der Waals surface area contributed by atoms with Gasteiger partial charge in [0.05, 0.1) is 24.8 Å². The van der Waals surface area contributed by atoms with E-state index < -0.39 is 15.7 Å². The number of ether oxygens (including phenoxy) is 1. The molecule has 1 amide bonds. The van der Waals surface area contributed by atoms with Gasteiger partial charge in [-0.15, -0.1) is 0 Å². The predicted molar refractivity (Wildman–Crippen MR) is 119 cm³/mol. The molecule has 1 aromatic heterocycles. The number of benzene rings is 2. The van der Waals surface area contributed by atoms with Crippen LogP contribution in [0.2, 0.25) is 5.02 Å². The van der Waals surface area contributed by atoms with Crippen molar-refractivity contribution in [2.75, 3.05) is 33.0 Å². The van der Waals surface area contributed by atoms with Crippen LogP contribution < -0.4 is 5.32 Å². The molecule has 0 bridgehead atoms. The van der Waals surface area contributed by atoms with Crippen molar-refractivity contribution in [3.8, 4) is 0 Å². The second-order valence-electron chi connectivity index (χ2n) is 7.74. The van der Waals surface area contributed by atoms with Gasteiger partial charge in [-0.2, -0.15) is 0 Å². The average molecular weight is 462 g/mol. The van der Waals surface area contributed by atoms with Gasteiger partial charge >= 0.3 is 0 Å². The Labute approximate surface area is 186 Å². The Morgan fingerprint density at radius 1 is 1.13 bits per heavy atom. The van der Waals surface area contributed by atoms with Gasteiger partial charge in [0, 0.05) is 29.0 Å². The number of hydrogen-bond donors (Lipinski definition) is 2. The number of amides is 1. The van der Waals surface area contributed by atoms with Gasteiger partial charge < -0.3 is 15.0 Å². The van der Waals surface area contributed by atoms with Crippen LogP contribution >= 0.6 is 11.6 Å². The van der Waals surface area contributed by atoms with Gasteiger partial charge in [0.2, 0.25) is 9.84 Å². The molecule has 1 aliphatic heterocycles. The van der Waals surface area contributed by atoms with Gasteiger partial charge in [-0.05, 0) is 55.3 Å². The van der Waals surface area contributed by atoms with Crippen LogP contribution in [0, 0.1) is 13.8 Å². The summed E-state index contributed by atoms with van der Waals surface area (Å²) in [7, 11) is -3.99. The van der Waals surface area contributed by atoms with Crippen molar-refractivity contribution in [2.24, 2.45) is 0 Å². The van der Waals surface area contributed by atoms with Crippen LogP contribution in [0.1, 0.15) is 21.6 Å². The molecule has 31 heavy (non-hydrogen) atoms. The molecule has 4 rings (SSSR count). The molecule has 1 fully saturated rings. The molecule has 3 aromatic rings. The van der Waals surface area contributed by atoms with Crippen LogP contribution in [0.5, 0.6) is 0 Å². The first-order valence-corrected chi connectivity index (χ1v) is 11.8. The lowest BCUT2D eigenvalue weighted by Crippen LogP contribution is -2.44. The molecule has 1 saturated heterocycles. The molecule has 0 unspecified atom stereocenters. The summed E-state index contributed by atoms with van der Waals surface area (Å²) in [6.45, 7) is 6.61. The van der Waals surface area contributed by atoms with Crippen molar-refractivity contribution >= 4 is 38.2 Å². The van der Waals surface area contributed by atoms with Crippen molar-refractivity contribution in [3.63, 3.8) is 0 Å². The maximum absolute atomic E-state index is 13.7. The van der Waals surface area contributed by atoms with E-state index in [2.05, 4.69) is 10.3 Å². The van der Waals surface area contributed by atoms with E-state index in [0.717, 1.165) is 11.1 Å². The minimum Gasteiger partial charge on any atom is -0.379 e. The van der Waals surface area contributed by atoms with Gasteiger partial charge in [0.25, 0.3) is 5.91 Å². The number of aromatic amines is 1. The minimum absolute atomic E-state index is 0.00434. The largest absolute Gasteiger partial charge is 0.379 e. The van der Waals surface area contributed by atoms with Crippen LogP contribution in [0.25, 0.3) is 10.9 Å². The Morgan fingerprint density at radius 3 is 2.48 bits per heavy atom. The summed E-state index contributed by atoms with van der Waals surface area (Å²) in [5.41, 5.74) is 2.19. The number of carbonyl (C=O) groups is 1. The number of nitrogens with zero attached hydrogens (tertiary/aromatic N) is 1. The maximum Gasteiger partial charge on any atom is 0.270 e. The van der Waals surface area contributed by atoms with E-state index in [0.29, 0.717) is 48.9 Å². The summed E-state index contributed by atoms with van der Waals surface area (Å²) in [4.78, 5) is 18.2. The summed E-state index contributed by atoms with van der Waals surface area (Å²) in [5, 5.41) is 3.62. The van der Waals surface area contributed by atoms with E-state index in [1.807, 2.05) is 24.8 Å². The van der Waals surface area contributed by atoms with Crippen LogP contribution in [0.3, 0.4) is 0 Å². The third-order valence-electron chi connectivity index (χ3n) is 5.28. The summed E-state index contributed by atoms with van der Waals surface area (Å²) >= 11 is 6.16. The Kier molecular flexibility index (Phi) is 6.07.